The third-order valence-electron chi connectivity index (χ3n) is 2.26. The Labute approximate surface area is 132 Å². The summed E-state index contributed by atoms with van der Waals surface area (Å²) in [7, 11) is 0. The van der Waals surface area contributed by atoms with Crippen molar-refractivity contribution < 1.29 is 14.3 Å². The molecule has 104 valence electrons. The lowest BCUT2D eigenvalue weighted by Gasteiger charge is -2.07. The van der Waals surface area contributed by atoms with Crippen LogP contribution in [0.15, 0.2) is 40.2 Å². The van der Waals surface area contributed by atoms with E-state index in [2.05, 4.69) is 21.2 Å². The number of esters is 1. The molecule has 0 aliphatic rings. The molecule has 4 nitrogen and oxygen atoms in total. The van der Waals surface area contributed by atoms with Crippen LogP contribution in [-0.2, 0) is 9.53 Å². The number of hydrogen-bond acceptors (Lipinski definition) is 4. The predicted octanol–water partition coefficient (Wildman–Crippen LogP) is 3.96. The van der Waals surface area contributed by atoms with E-state index in [1.807, 2.05) is 0 Å². The topological polar surface area (TPSA) is 55.4 Å². The van der Waals surface area contributed by atoms with Crippen LogP contribution in [0.1, 0.15) is 9.67 Å². The Morgan fingerprint density at radius 3 is 2.80 bits per heavy atom. The molecule has 1 aromatic carbocycles. The van der Waals surface area contributed by atoms with Crippen LogP contribution >= 0.6 is 38.9 Å². The molecule has 0 radical (unpaired) electrons. The highest BCUT2D eigenvalue weighted by Gasteiger charge is 2.12. The number of carbonyl (C=O) groups is 2. The van der Waals surface area contributed by atoms with Crippen molar-refractivity contribution in [1.29, 1.82) is 0 Å². The van der Waals surface area contributed by atoms with E-state index in [1.165, 1.54) is 11.3 Å². The van der Waals surface area contributed by atoms with Gasteiger partial charge in [0.05, 0.1) is 10.7 Å². The van der Waals surface area contributed by atoms with Crippen molar-refractivity contribution in [2.24, 2.45) is 0 Å². The summed E-state index contributed by atoms with van der Waals surface area (Å²) in [5.74, 6) is -0.962. The molecule has 1 amide bonds. The molecule has 0 fully saturated rings. The first-order valence-corrected chi connectivity index (χ1v) is 7.57. The maximum absolute atomic E-state index is 11.7. The Hall–Kier alpha value is -1.37. The molecule has 7 heteroatoms. The van der Waals surface area contributed by atoms with Crippen molar-refractivity contribution in [2.45, 2.75) is 0 Å². The van der Waals surface area contributed by atoms with Gasteiger partial charge in [-0.05, 0) is 29.6 Å². The molecule has 0 saturated heterocycles. The summed E-state index contributed by atoms with van der Waals surface area (Å²) in [4.78, 5) is 23.7. The molecule has 0 bridgehead atoms. The van der Waals surface area contributed by atoms with E-state index in [1.54, 1.807) is 35.7 Å². The summed E-state index contributed by atoms with van der Waals surface area (Å²) in [6.07, 6.45) is 0. The fourth-order valence-corrected chi connectivity index (χ4v) is 2.71. The highest BCUT2D eigenvalue weighted by Crippen LogP contribution is 2.25. The van der Waals surface area contributed by atoms with E-state index < -0.39 is 11.9 Å². The van der Waals surface area contributed by atoms with Crippen LogP contribution in [0.5, 0.6) is 0 Å². The number of hydrogen-bond donors (Lipinski definition) is 1. The molecule has 1 N–H and O–H groups in total. The third-order valence-corrected chi connectivity index (χ3v) is 3.92. The first-order valence-electron chi connectivity index (χ1n) is 5.52. The Kier molecular flexibility index (Phi) is 5.17. The van der Waals surface area contributed by atoms with Crippen LogP contribution in [0.3, 0.4) is 0 Å². The molecule has 0 atom stereocenters. The van der Waals surface area contributed by atoms with E-state index >= 15 is 0 Å². The molecule has 2 rings (SSSR count). The maximum atomic E-state index is 11.7. The van der Waals surface area contributed by atoms with Gasteiger partial charge in [0.1, 0.15) is 4.88 Å². The largest absolute Gasteiger partial charge is 0.451 e. The van der Waals surface area contributed by atoms with Crippen LogP contribution in [0.25, 0.3) is 0 Å². The van der Waals surface area contributed by atoms with E-state index in [0.29, 0.717) is 15.6 Å². The fraction of sp³-hybridized carbons (Fsp3) is 0.0769. The summed E-state index contributed by atoms with van der Waals surface area (Å²) < 4.78 is 5.70. The smallest absolute Gasteiger partial charge is 0.348 e. The van der Waals surface area contributed by atoms with Gasteiger partial charge in [0.2, 0.25) is 0 Å². The van der Waals surface area contributed by atoms with Crippen molar-refractivity contribution in [3.8, 4) is 0 Å². The van der Waals surface area contributed by atoms with E-state index in [-0.39, 0.29) is 6.61 Å². The van der Waals surface area contributed by atoms with Gasteiger partial charge in [0.25, 0.3) is 5.91 Å². The third kappa shape index (κ3) is 4.06. The Morgan fingerprint density at radius 1 is 1.35 bits per heavy atom. The van der Waals surface area contributed by atoms with Gasteiger partial charge in [-0.3, -0.25) is 4.79 Å². The average Bonchev–Trinajstić information content (AvgIpc) is 2.93. The number of amides is 1. The van der Waals surface area contributed by atoms with Crippen molar-refractivity contribution in [2.75, 3.05) is 11.9 Å². The maximum Gasteiger partial charge on any atom is 0.348 e. The standard InChI is InChI=1S/C13H9BrClNO3S/c14-8-3-4-10(9(15)6-8)16-12(17)7-19-13(18)11-2-1-5-20-11/h1-6H,7H2,(H,16,17). The van der Waals surface area contributed by atoms with Crippen LogP contribution in [0.2, 0.25) is 5.02 Å². The second-order valence-electron chi connectivity index (χ2n) is 3.73. The van der Waals surface area contributed by atoms with Crippen LogP contribution < -0.4 is 5.32 Å². The molecule has 0 aliphatic carbocycles. The zero-order chi connectivity index (χ0) is 14.5. The van der Waals surface area contributed by atoms with E-state index in [9.17, 15) is 9.59 Å². The lowest BCUT2D eigenvalue weighted by Crippen LogP contribution is -2.20. The lowest BCUT2D eigenvalue weighted by atomic mass is 10.3. The van der Waals surface area contributed by atoms with Crippen LogP contribution in [-0.4, -0.2) is 18.5 Å². The first kappa shape index (κ1) is 15.0. The Bertz CT molecular complexity index is 631. The SMILES string of the molecule is O=C(COC(=O)c1cccs1)Nc1ccc(Br)cc1Cl. The van der Waals surface area contributed by atoms with Gasteiger partial charge in [-0.1, -0.05) is 33.6 Å². The van der Waals surface area contributed by atoms with E-state index in [0.717, 1.165) is 4.47 Å². The number of halogens is 2. The molecular weight excluding hydrogens is 366 g/mol. The number of nitrogens with one attached hydrogen (secondary N) is 1. The Balaban J connectivity index is 1.88. The van der Waals surface area contributed by atoms with E-state index in [4.69, 9.17) is 16.3 Å². The van der Waals surface area contributed by atoms with Crippen molar-refractivity contribution in [3.05, 3.63) is 50.1 Å². The summed E-state index contributed by atoms with van der Waals surface area (Å²) in [5, 5.41) is 4.73. The molecule has 0 spiro atoms. The monoisotopic (exact) mass is 373 g/mol. The van der Waals surface area contributed by atoms with Gasteiger partial charge in [0.15, 0.2) is 6.61 Å². The second-order valence-corrected chi connectivity index (χ2v) is 6.00. The number of rotatable bonds is 4. The molecule has 0 aliphatic heterocycles. The molecule has 1 aromatic heterocycles. The minimum absolute atomic E-state index is 0.358. The van der Waals surface area contributed by atoms with Crippen molar-refractivity contribution >= 4 is 56.4 Å². The molecular formula is C13H9BrClNO3S. The molecule has 0 saturated carbocycles. The number of anilines is 1. The summed E-state index contributed by atoms with van der Waals surface area (Å²) in [6, 6.07) is 8.44. The summed E-state index contributed by atoms with van der Waals surface area (Å²) >= 11 is 10.5. The van der Waals surface area contributed by atoms with Crippen LogP contribution in [0.4, 0.5) is 5.69 Å². The van der Waals surface area contributed by atoms with Crippen molar-refractivity contribution in [1.82, 2.24) is 0 Å². The van der Waals surface area contributed by atoms with Gasteiger partial charge in [-0.15, -0.1) is 11.3 Å². The summed E-state index contributed by atoms with van der Waals surface area (Å²) in [6.45, 7) is -0.358. The zero-order valence-corrected chi connectivity index (χ0v) is 13.2. The first-order chi connectivity index (χ1) is 9.56. The van der Waals surface area contributed by atoms with Gasteiger partial charge in [-0.2, -0.15) is 0 Å². The minimum Gasteiger partial charge on any atom is -0.451 e. The quantitative estimate of drug-likeness (QED) is 0.824. The number of thiophene rings is 1. The van der Waals surface area contributed by atoms with Gasteiger partial charge >= 0.3 is 5.97 Å². The van der Waals surface area contributed by atoms with Gasteiger partial charge in [0, 0.05) is 4.47 Å². The van der Waals surface area contributed by atoms with Gasteiger partial charge < -0.3 is 10.1 Å². The molecule has 2 aromatic rings. The number of benzene rings is 1. The molecule has 0 unspecified atom stereocenters. The molecule has 1 heterocycles. The lowest BCUT2D eigenvalue weighted by molar-refractivity contribution is -0.119. The summed E-state index contributed by atoms with van der Waals surface area (Å²) in [5.41, 5.74) is 0.465. The zero-order valence-electron chi connectivity index (χ0n) is 10.1. The number of carbonyl (C=O) groups excluding carboxylic acids is 2. The number of ether oxygens (including phenoxy) is 1. The van der Waals surface area contributed by atoms with Crippen molar-refractivity contribution in [3.63, 3.8) is 0 Å². The fourth-order valence-electron chi connectivity index (χ4n) is 1.37. The Morgan fingerprint density at radius 2 is 2.15 bits per heavy atom. The highest BCUT2D eigenvalue weighted by molar-refractivity contribution is 9.10. The predicted molar refractivity (Wildman–Crippen MR) is 82.4 cm³/mol. The normalized spacial score (nSPS) is 10.1. The highest BCUT2D eigenvalue weighted by atomic mass is 79.9. The van der Waals surface area contributed by atoms with Gasteiger partial charge in [-0.25, -0.2) is 4.79 Å². The van der Waals surface area contributed by atoms with Crippen LogP contribution in [0, 0.1) is 0 Å². The molecule has 20 heavy (non-hydrogen) atoms. The minimum atomic E-state index is -0.517. The second kappa shape index (κ2) is 6.88. The average molecular weight is 375 g/mol.